The first-order chi connectivity index (χ1) is 11.9. The van der Waals surface area contributed by atoms with Gasteiger partial charge in [-0.05, 0) is 31.4 Å². The Kier molecular flexibility index (Phi) is 5.32. The number of piperidine rings is 1. The molecule has 6 nitrogen and oxygen atoms in total. The van der Waals surface area contributed by atoms with Crippen LogP contribution in [0.2, 0.25) is 0 Å². The number of carbonyl (C=O) groups excluding carboxylic acids is 1. The summed E-state index contributed by atoms with van der Waals surface area (Å²) in [5.41, 5.74) is 0.606. The number of nitrogens with zero attached hydrogens (tertiary/aromatic N) is 4. The Morgan fingerprint density at radius 1 is 1.24 bits per heavy atom. The van der Waals surface area contributed by atoms with Crippen molar-refractivity contribution in [3.8, 4) is 0 Å². The van der Waals surface area contributed by atoms with E-state index in [4.69, 9.17) is 0 Å². The molecule has 0 saturated carbocycles. The molecule has 0 atom stereocenters. The third-order valence-corrected chi connectivity index (χ3v) is 5.54. The number of aromatic nitrogens is 3. The van der Waals surface area contributed by atoms with Gasteiger partial charge in [0.05, 0.1) is 12.1 Å². The summed E-state index contributed by atoms with van der Waals surface area (Å²) in [6, 6.07) is 3.65. The van der Waals surface area contributed by atoms with Gasteiger partial charge in [0.25, 0.3) is 5.91 Å². The highest BCUT2D eigenvalue weighted by molar-refractivity contribution is 7.11. The third kappa shape index (κ3) is 4.34. The fourth-order valence-electron chi connectivity index (χ4n) is 2.81. The Balaban J connectivity index is 1.68. The highest BCUT2D eigenvalue weighted by Gasteiger charge is 2.21. The van der Waals surface area contributed by atoms with Crippen molar-refractivity contribution in [2.24, 2.45) is 0 Å². The maximum absolute atomic E-state index is 12.7. The monoisotopic (exact) mass is 359 g/mol. The van der Waals surface area contributed by atoms with Crippen LogP contribution in [-0.4, -0.2) is 34.2 Å². The average molecular weight is 359 g/mol. The predicted octanol–water partition coefficient (Wildman–Crippen LogP) is 3.15. The van der Waals surface area contributed by atoms with Gasteiger partial charge in [-0.25, -0.2) is 4.98 Å². The summed E-state index contributed by atoms with van der Waals surface area (Å²) in [5, 5.41) is 13.2. The summed E-state index contributed by atoms with van der Waals surface area (Å²) >= 11 is 1.55. The molecule has 1 amide bonds. The van der Waals surface area contributed by atoms with Gasteiger partial charge in [-0.1, -0.05) is 32.1 Å². The van der Waals surface area contributed by atoms with Gasteiger partial charge in [-0.2, -0.15) is 0 Å². The van der Waals surface area contributed by atoms with Gasteiger partial charge in [0.2, 0.25) is 0 Å². The SMILES string of the molecule is CC(C)(C)c1nnc(CNC(=O)c2cccnc2N2CCCCC2)s1. The summed E-state index contributed by atoms with van der Waals surface area (Å²) in [6.45, 7) is 8.63. The van der Waals surface area contributed by atoms with E-state index in [9.17, 15) is 4.79 Å². The molecule has 0 aliphatic carbocycles. The number of carbonyl (C=O) groups is 1. The smallest absolute Gasteiger partial charge is 0.255 e. The van der Waals surface area contributed by atoms with E-state index in [1.54, 1.807) is 17.5 Å². The molecule has 7 heteroatoms. The van der Waals surface area contributed by atoms with Gasteiger partial charge in [0.15, 0.2) is 0 Å². The van der Waals surface area contributed by atoms with Crippen molar-refractivity contribution >= 4 is 23.1 Å². The Labute approximate surface area is 152 Å². The molecule has 0 bridgehead atoms. The van der Waals surface area contributed by atoms with Crippen LogP contribution in [0.15, 0.2) is 18.3 Å². The molecule has 25 heavy (non-hydrogen) atoms. The number of hydrogen-bond donors (Lipinski definition) is 1. The fraction of sp³-hybridized carbons (Fsp3) is 0.556. The largest absolute Gasteiger partial charge is 0.356 e. The van der Waals surface area contributed by atoms with Crippen LogP contribution in [0.3, 0.4) is 0 Å². The first-order valence-electron chi connectivity index (χ1n) is 8.76. The van der Waals surface area contributed by atoms with Crippen LogP contribution < -0.4 is 10.2 Å². The lowest BCUT2D eigenvalue weighted by Gasteiger charge is -2.29. The number of pyridine rings is 1. The second kappa shape index (κ2) is 7.47. The maximum Gasteiger partial charge on any atom is 0.255 e. The molecule has 1 fully saturated rings. The minimum atomic E-state index is -0.110. The number of nitrogens with one attached hydrogen (secondary N) is 1. The van der Waals surface area contributed by atoms with Crippen LogP contribution in [0, 0.1) is 0 Å². The lowest BCUT2D eigenvalue weighted by Crippen LogP contribution is -2.33. The molecule has 1 N–H and O–H groups in total. The summed E-state index contributed by atoms with van der Waals surface area (Å²) in [5.74, 6) is 0.675. The van der Waals surface area contributed by atoms with Gasteiger partial charge in [0, 0.05) is 24.7 Å². The van der Waals surface area contributed by atoms with E-state index in [2.05, 4.69) is 46.2 Å². The fourth-order valence-corrected chi connectivity index (χ4v) is 3.65. The molecule has 0 unspecified atom stereocenters. The summed E-state index contributed by atoms with van der Waals surface area (Å²) in [4.78, 5) is 19.3. The van der Waals surface area contributed by atoms with Crippen LogP contribution in [0.1, 0.15) is 60.4 Å². The zero-order valence-corrected chi connectivity index (χ0v) is 15.9. The minimum Gasteiger partial charge on any atom is -0.356 e. The summed E-state index contributed by atoms with van der Waals surface area (Å²) in [7, 11) is 0. The minimum absolute atomic E-state index is 0.0231. The molecule has 134 valence electrons. The van der Waals surface area contributed by atoms with Crippen molar-refractivity contribution in [3.05, 3.63) is 33.9 Å². The van der Waals surface area contributed by atoms with Crippen molar-refractivity contribution in [2.75, 3.05) is 18.0 Å². The lowest BCUT2D eigenvalue weighted by atomic mass is 9.98. The number of rotatable bonds is 4. The van der Waals surface area contributed by atoms with Crippen molar-refractivity contribution in [1.82, 2.24) is 20.5 Å². The molecule has 0 aromatic carbocycles. The molecule has 1 aliphatic rings. The van der Waals surface area contributed by atoms with Crippen LogP contribution >= 0.6 is 11.3 Å². The molecule has 3 heterocycles. The van der Waals surface area contributed by atoms with E-state index in [0.29, 0.717) is 12.1 Å². The second-order valence-corrected chi connectivity index (χ2v) is 8.42. The van der Waals surface area contributed by atoms with E-state index < -0.39 is 0 Å². The number of anilines is 1. The molecule has 1 aliphatic heterocycles. The van der Waals surface area contributed by atoms with E-state index in [0.717, 1.165) is 41.8 Å². The summed E-state index contributed by atoms with van der Waals surface area (Å²) < 4.78 is 0. The molecule has 2 aromatic rings. The predicted molar refractivity (Wildman–Crippen MR) is 100 cm³/mol. The zero-order chi connectivity index (χ0) is 17.9. The van der Waals surface area contributed by atoms with E-state index in [1.807, 2.05) is 12.1 Å². The maximum atomic E-state index is 12.7. The summed E-state index contributed by atoms with van der Waals surface area (Å²) in [6.07, 6.45) is 5.30. The van der Waals surface area contributed by atoms with E-state index >= 15 is 0 Å². The zero-order valence-electron chi connectivity index (χ0n) is 15.1. The first kappa shape index (κ1) is 17.8. The average Bonchev–Trinajstić information content (AvgIpc) is 3.10. The number of hydrogen-bond acceptors (Lipinski definition) is 6. The highest BCUT2D eigenvalue weighted by Crippen LogP contribution is 2.25. The van der Waals surface area contributed by atoms with Gasteiger partial charge in [-0.3, -0.25) is 4.79 Å². The molecule has 0 spiro atoms. The molecule has 2 aromatic heterocycles. The van der Waals surface area contributed by atoms with Crippen molar-refractivity contribution in [2.45, 2.75) is 52.0 Å². The van der Waals surface area contributed by atoms with Gasteiger partial charge < -0.3 is 10.2 Å². The van der Waals surface area contributed by atoms with Gasteiger partial charge in [-0.15, -0.1) is 10.2 Å². The van der Waals surface area contributed by atoms with Gasteiger partial charge >= 0.3 is 0 Å². The third-order valence-electron chi connectivity index (χ3n) is 4.20. The normalized spacial score (nSPS) is 15.2. The molecule has 3 rings (SSSR count). The van der Waals surface area contributed by atoms with Crippen LogP contribution in [0.5, 0.6) is 0 Å². The van der Waals surface area contributed by atoms with Crippen molar-refractivity contribution < 1.29 is 4.79 Å². The Hall–Kier alpha value is -2.02. The van der Waals surface area contributed by atoms with Gasteiger partial charge in [0.1, 0.15) is 15.8 Å². The molecule has 1 saturated heterocycles. The van der Waals surface area contributed by atoms with Crippen LogP contribution in [-0.2, 0) is 12.0 Å². The van der Waals surface area contributed by atoms with E-state index in [-0.39, 0.29) is 11.3 Å². The Morgan fingerprint density at radius 2 is 2.00 bits per heavy atom. The quantitative estimate of drug-likeness (QED) is 0.908. The molecular formula is C18H25N5OS. The Morgan fingerprint density at radius 3 is 2.68 bits per heavy atom. The van der Waals surface area contributed by atoms with Crippen molar-refractivity contribution in [1.29, 1.82) is 0 Å². The van der Waals surface area contributed by atoms with E-state index in [1.165, 1.54) is 6.42 Å². The molecule has 0 radical (unpaired) electrons. The number of amides is 1. The molecular weight excluding hydrogens is 334 g/mol. The van der Waals surface area contributed by atoms with Crippen LogP contribution in [0.25, 0.3) is 0 Å². The lowest BCUT2D eigenvalue weighted by molar-refractivity contribution is 0.0951. The second-order valence-electron chi connectivity index (χ2n) is 7.36. The first-order valence-corrected chi connectivity index (χ1v) is 9.58. The Bertz CT molecular complexity index is 731. The van der Waals surface area contributed by atoms with Crippen LogP contribution in [0.4, 0.5) is 5.82 Å². The topological polar surface area (TPSA) is 71.0 Å². The highest BCUT2D eigenvalue weighted by atomic mass is 32.1. The standard InChI is InChI=1S/C18H25N5OS/c1-18(2,3)17-22-21-14(25-17)12-20-16(24)13-8-7-9-19-15(13)23-10-5-4-6-11-23/h7-9H,4-6,10-12H2,1-3H3,(H,20,24). The van der Waals surface area contributed by atoms with Crippen molar-refractivity contribution in [3.63, 3.8) is 0 Å².